The van der Waals surface area contributed by atoms with E-state index in [2.05, 4.69) is 14.6 Å². The summed E-state index contributed by atoms with van der Waals surface area (Å²) in [5.41, 5.74) is 5.52. The molecule has 1 aromatic heterocycles. The van der Waals surface area contributed by atoms with Crippen molar-refractivity contribution >= 4 is 11.6 Å². The molecule has 126 valence electrons. The van der Waals surface area contributed by atoms with Crippen LogP contribution in [0.5, 0.6) is 0 Å². The molecule has 2 heterocycles. The van der Waals surface area contributed by atoms with Gasteiger partial charge in [-0.3, -0.25) is 0 Å². The van der Waals surface area contributed by atoms with Gasteiger partial charge in [0.05, 0.1) is 18.9 Å². The molecule has 0 spiro atoms. The summed E-state index contributed by atoms with van der Waals surface area (Å²) < 4.78 is 16.2. The predicted octanol–water partition coefficient (Wildman–Crippen LogP) is 0.322. The Bertz CT molecular complexity index is 878. The third-order valence-corrected chi connectivity index (χ3v) is 3.43. The van der Waals surface area contributed by atoms with Crippen molar-refractivity contribution in [1.82, 2.24) is 9.90 Å². The first-order valence-corrected chi connectivity index (χ1v) is 7.31. The normalized spacial score (nSPS) is 14.2. The van der Waals surface area contributed by atoms with Crippen molar-refractivity contribution < 1.29 is 13.8 Å². The Kier molecular flexibility index (Phi) is 4.62. The first kappa shape index (κ1) is 15.8. The topological polar surface area (TPSA) is 117 Å². The number of para-hydroxylation sites is 2. The summed E-state index contributed by atoms with van der Waals surface area (Å²) in [4.78, 5) is 25.2. The summed E-state index contributed by atoms with van der Waals surface area (Å²) in [5.74, 6) is -0.277. The molecule has 24 heavy (non-hydrogen) atoms. The Balaban J connectivity index is 2.21. The minimum atomic E-state index is -0.821. The Labute approximate surface area is 136 Å². The van der Waals surface area contributed by atoms with Crippen LogP contribution >= 0.6 is 0 Å². The summed E-state index contributed by atoms with van der Waals surface area (Å²) in [6, 6.07) is 9.09. The van der Waals surface area contributed by atoms with Gasteiger partial charge in [0, 0.05) is 25.2 Å². The Morgan fingerprint density at radius 3 is 2.38 bits per heavy atom. The number of hydrogen-bond acceptors (Lipinski definition) is 8. The third-order valence-electron chi connectivity index (χ3n) is 3.43. The molecule has 9 nitrogen and oxygen atoms in total. The molecule has 0 saturated carbocycles. The molecular weight excluding hydrogens is 316 g/mol. The van der Waals surface area contributed by atoms with Gasteiger partial charge in [0.25, 0.3) is 5.95 Å². The molecule has 3 rings (SSSR count). The van der Waals surface area contributed by atoms with Crippen molar-refractivity contribution in [3.05, 3.63) is 57.2 Å². The number of morpholine rings is 1. The van der Waals surface area contributed by atoms with Gasteiger partial charge in [-0.25, -0.2) is 9.59 Å². The van der Waals surface area contributed by atoms with Crippen molar-refractivity contribution in [3.63, 3.8) is 0 Å². The van der Waals surface area contributed by atoms with Gasteiger partial charge in [0.15, 0.2) is 0 Å². The Morgan fingerprint density at radius 2 is 1.62 bits per heavy atom. The summed E-state index contributed by atoms with van der Waals surface area (Å²) >= 11 is 0. The molecule has 0 amide bonds. The fourth-order valence-corrected chi connectivity index (χ4v) is 2.34. The Morgan fingerprint density at radius 1 is 0.958 bits per heavy atom. The zero-order valence-electron chi connectivity index (χ0n) is 12.8. The van der Waals surface area contributed by atoms with E-state index in [-0.39, 0.29) is 5.95 Å². The van der Waals surface area contributed by atoms with Crippen molar-refractivity contribution in [2.75, 3.05) is 36.9 Å². The summed E-state index contributed by atoms with van der Waals surface area (Å²) in [6.07, 6.45) is 0. The lowest BCUT2D eigenvalue weighted by Crippen LogP contribution is -2.36. The van der Waals surface area contributed by atoms with Crippen LogP contribution in [0.3, 0.4) is 0 Å². The standard InChI is InChI=1S/C15H16N4O5/c16-15-17-23-13(20)5-6-14(21)24-19(15)12-4-2-1-3-11(12)18-7-9-22-10-8-18/h1-6H,7-10H2,(H2,16,17). The van der Waals surface area contributed by atoms with E-state index in [0.29, 0.717) is 32.0 Å². The number of nitrogen functional groups attached to an aromatic ring is 1. The smallest absolute Gasteiger partial charge is 0.359 e. The molecule has 0 radical (unpaired) electrons. The van der Waals surface area contributed by atoms with Crippen molar-refractivity contribution in [3.8, 4) is 5.69 Å². The van der Waals surface area contributed by atoms with Crippen LogP contribution in [0, 0.1) is 0 Å². The fourth-order valence-electron chi connectivity index (χ4n) is 2.34. The highest BCUT2D eigenvalue weighted by Gasteiger charge is 2.17. The van der Waals surface area contributed by atoms with Gasteiger partial charge in [-0.1, -0.05) is 12.1 Å². The number of aromatic nitrogens is 2. The van der Waals surface area contributed by atoms with Crippen LogP contribution in [-0.4, -0.2) is 36.2 Å². The van der Waals surface area contributed by atoms with Gasteiger partial charge in [-0.05, 0) is 17.3 Å². The third kappa shape index (κ3) is 3.46. The zero-order valence-corrected chi connectivity index (χ0v) is 12.8. The van der Waals surface area contributed by atoms with Crippen LogP contribution in [-0.2, 0) is 4.74 Å². The SMILES string of the molecule is Nc1noc(=O)ccc(=O)on1-c1ccccc1N1CCOCC1. The lowest BCUT2D eigenvalue weighted by Gasteiger charge is -2.30. The maximum Gasteiger partial charge on any atom is 0.359 e. The van der Waals surface area contributed by atoms with E-state index >= 15 is 0 Å². The molecule has 2 N–H and O–H groups in total. The molecule has 0 aliphatic carbocycles. The average molecular weight is 332 g/mol. The molecule has 0 atom stereocenters. The van der Waals surface area contributed by atoms with Crippen molar-refractivity contribution in [2.45, 2.75) is 0 Å². The monoisotopic (exact) mass is 332 g/mol. The van der Waals surface area contributed by atoms with Crippen LogP contribution in [0.1, 0.15) is 0 Å². The minimum absolute atomic E-state index is 0.277. The molecule has 0 unspecified atom stereocenters. The average Bonchev–Trinajstić information content (AvgIpc) is 2.68. The minimum Gasteiger partial charge on any atom is -0.378 e. The second-order valence-corrected chi connectivity index (χ2v) is 4.99. The molecule has 1 fully saturated rings. The summed E-state index contributed by atoms with van der Waals surface area (Å²) in [7, 11) is 0. The number of nitrogens with zero attached hydrogens (tertiary/aromatic N) is 3. The number of hydrogen-bond donors (Lipinski definition) is 1. The molecule has 0 bridgehead atoms. The fraction of sp³-hybridized carbons (Fsp3) is 0.267. The second kappa shape index (κ2) is 7.01. The van der Waals surface area contributed by atoms with E-state index in [1.54, 1.807) is 12.1 Å². The maximum absolute atomic E-state index is 11.8. The second-order valence-electron chi connectivity index (χ2n) is 4.99. The first-order chi connectivity index (χ1) is 11.6. The molecule has 1 aliphatic heterocycles. The van der Waals surface area contributed by atoms with Gasteiger partial charge in [0.2, 0.25) is 0 Å². The summed E-state index contributed by atoms with van der Waals surface area (Å²) in [6.45, 7) is 2.56. The van der Waals surface area contributed by atoms with E-state index in [0.717, 1.165) is 22.6 Å². The molecular formula is C15H16N4O5. The van der Waals surface area contributed by atoms with Gasteiger partial charge in [0.1, 0.15) is 5.69 Å². The van der Waals surface area contributed by atoms with Gasteiger partial charge < -0.3 is 24.4 Å². The highest BCUT2D eigenvalue weighted by molar-refractivity contribution is 5.63. The van der Waals surface area contributed by atoms with Gasteiger partial charge >= 0.3 is 11.3 Å². The van der Waals surface area contributed by atoms with Crippen LogP contribution in [0.4, 0.5) is 11.6 Å². The largest absolute Gasteiger partial charge is 0.378 e. The van der Waals surface area contributed by atoms with Gasteiger partial charge in [-0.15, -0.1) is 4.74 Å². The van der Waals surface area contributed by atoms with Crippen LogP contribution < -0.4 is 21.9 Å². The zero-order chi connectivity index (χ0) is 16.9. The quantitative estimate of drug-likeness (QED) is 0.836. The number of ether oxygens (including phenoxy) is 1. The highest BCUT2D eigenvalue weighted by Crippen LogP contribution is 2.25. The molecule has 1 aromatic carbocycles. The van der Waals surface area contributed by atoms with E-state index in [1.165, 1.54) is 0 Å². The molecule has 9 heteroatoms. The Hall–Kier alpha value is -3.07. The van der Waals surface area contributed by atoms with Crippen LogP contribution in [0.15, 0.2) is 55.0 Å². The van der Waals surface area contributed by atoms with E-state index in [1.807, 2.05) is 12.1 Å². The lowest BCUT2D eigenvalue weighted by atomic mass is 10.2. The predicted molar refractivity (Wildman–Crippen MR) is 85.7 cm³/mol. The number of nitrogens with two attached hydrogens (primary N) is 1. The van der Waals surface area contributed by atoms with E-state index < -0.39 is 11.3 Å². The molecule has 2 aromatic rings. The van der Waals surface area contributed by atoms with Crippen LogP contribution in [0.2, 0.25) is 0 Å². The van der Waals surface area contributed by atoms with Gasteiger partial charge in [-0.2, -0.15) is 0 Å². The highest BCUT2D eigenvalue weighted by atomic mass is 16.5. The number of rotatable bonds is 2. The first-order valence-electron chi connectivity index (χ1n) is 7.31. The summed E-state index contributed by atoms with van der Waals surface area (Å²) in [5, 5.41) is 3.50. The van der Waals surface area contributed by atoms with E-state index in [4.69, 9.17) is 15.0 Å². The lowest BCUT2D eigenvalue weighted by molar-refractivity contribution is 0.122. The van der Waals surface area contributed by atoms with E-state index in [9.17, 15) is 9.59 Å². The van der Waals surface area contributed by atoms with Crippen molar-refractivity contribution in [1.29, 1.82) is 0 Å². The van der Waals surface area contributed by atoms with Crippen LogP contribution in [0.25, 0.3) is 5.69 Å². The molecule has 1 aliphatic rings. The number of anilines is 2. The van der Waals surface area contributed by atoms with Crippen molar-refractivity contribution in [2.24, 2.45) is 0 Å². The molecule has 1 saturated heterocycles. The number of benzene rings is 1. The maximum atomic E-state index is 11.8.